The number of aryl methyl sites for hydroxylation is 1. The number of rotatable bonds is 4. The predicted molar refractivity (Wildman–Crippen MR) is 61.5 cm³/mol. The minimum Gasteiger partial charge on any atom is -0.461 e. The summed E-state index contributed by atoms with van der Waals surface area (Å²) >= 11 is 0. The van der Waals surface area contributed by atoms with Crippen LogP contribution < -0.4 is 5.32 Å². The van der Waals surface area contributed by atoms with Crippen molar-refractivity contribution in [2.24, 2.45) is 0 Å². The molecule has 1 aromatic heterocycles. The molecule has 16 heavy (non-hydrogen) atoms. The molecule has 0 aliphatic carbocycles. The molecule has 0 atom stereocenters. The molecule has 0 bridgehead atoms. The zero-order valence-corrected chi connectivity index (χ0v) is 10.1. The lowest BCUT2D eigenvalue weighted by Crippen LogP contribution is -2.16. The molecular weight excluding hydrogens is 206 g/mol. The van der Waals surface area contributed by atoms with Gasteiger partial charge in [0.15, 0.2) is 5.69 Å². The van der Waals surface area contributed by atoms with Gasteiger partial charge in [0.1, 0.15) is 0 Å². The van der Waals surface area contributed by atoms with E-state index in [0.29, 0.717) is 12.6 Å². The van der Waals surface area contributed by atoms with E-state index >= 15 is 0 Å². The standard InChI is InChI=1S/C11H17N3O2/c1-5-16-10(15)9-6-8(4)13-11(14-9)12-7(2)3/h6-7H,5H2,1-4H3,(H,12,13,14). The van der Waals surface area contributed by atoms with Gasteiger partial charge in [-0.1, -0.05) is 0 Å². The smallest absolute Gasteiger partial charge is 0.357 e. The molecular formula is C11H17N3O2. The molecule has 1 N–H and O–H groups in total. The van der Waals surface area contributed by atoms with Crippen molar-refractivity contribution in [3.8, 4) is 0 Å². The van der Waals surface area contributed by atoms with Crippen molar-refractivity contribution in [2.75, 3.05) is 11.9 Å². The number of anilines is 1. The van der Waals surface area contributed by atoms with Gasteiger partial charge >= 0.3 is 5.97 Å². The number of carbonyl (C=O) groups is 1. The number of hydrogen-bond donors (Lipinski definition) is 1. The van der Waals surface area contributed by atoms with Crippen LogP contribution in [0.15, 0.2) is 6.07 Å². The van der Waals surface area contributed by atoms with Crippen molar-refractivity contribution in [2.45, 2.75) is 33.7 Å². The first-order chi connectivity index (χ1) is 7.52. The van der Waals surface area contributed by atoms with Crippen LogP contribution in [0.25, 0.3) is 0 Å². The molecule has 88 valence electrons. The highest BCUT2D eigenvalue weighted by Gasteiger charge is 2.11. The molecule has 0 saturated heterocycles. The maximum absolute atomic E-state index is 11.5. The average molecular weight is 223 g/mol. The first-order valence-electron chi connectivity index (χ1n) is 5.32. The van der Waals surface area contributed by atoms with Crippen LogP contribution in [0.3, 0.4) is 0 Å². The molecule has 1 rings (SSSR count). The summed E-state index contributed by atoms with van der Waals surface area (Å²) in [5.41, 5.74) is 1.03. The van der Waals surface area contributed by atoms with Crippen molar-refractivity contribution in [3.63, 3.8) is 0 Å². The number of ether oxygens (including phenoxy) is 1. The van der Waals surface area contributed by atoms with E-state index in [1.807, 2.05) is 20.8 Å². The first-order valence-corrected chi connectivity index (χ1v) is 5.32. The number of nitrogens with one attached hydrogen (secondary N) is 1. The topological polar surface area (TPSA) is 64.1 Å². The molecule has 0 aliphatic rings. The maximum atomic E-state index is 11.5. The Kier molecular flexibility index (Phi) is 4.22. The van der Waals surface area contributed by atoms with E-state index in [1.165, 1.54) is 0 Å². The maximum Gasteiger partial charge on any atom is 0.357 e. The summed E-state index contributed by atoms with van der Waals surface area (Å²) < 4.78 is 4.89. The van der Waals surface area contributed by atoms with Gasteiger partial charge < -0.3 is 10.1 Å². The highest BCUT2D eigenvalue weighted by Crippen LogP contribution is 2.07. The molecule has 0 aliphatic heterocycles. The van der Waals surface area contributed by atoms with Crippen LogP contribution in [0, 0.1) is 6.92 Å². The minimum absolute atomic E-state index is 0.219. The van der Waals surface area contributed by atoms with Gasteiger partial charge in [-0.05, 0) is 33.8 Å². The van der Waals surface area contributed by atoms with Gasteiger partial charge in [0.05, 0.1) is 6.61 Å². The number of nitrogens with zero attached hydrogens (tertiary/aromatic N) is 2. The summed E-state index contributed by atoms with van der Waals surface area (Å²) in [5, 5.41) is 3.05. The summed E-state index contributed by atoms with van der Waals surface area (Å²) in [7, 11) is 0. The molecule has 0 fully saturated rings. The predicted octanol–water partition coefficient (Wildman–Crippen LogP) is 1.78. The van der Waals surface area contributed by atoms with E-state index in [2.05, 4.69) is 15.3 Å². The summed E-state index contributed by atoms with van der Waals surface area (Å²) in [6.07, 6.45) is 0. The van der Waals surface area contributed by atoms with Gasteiger partial charge in [0.25, 0.3) is 0 Å². The molecule has 5 nitrogen and oxygen atoms in total. The quantitative estimate of drug-likeness (QED) is 0.788. The second kappa shape index (κ2) is 5.44. The van der Waals surface area contributed by atoms with E-state index in [0.717, 1.165) is 5.69 Å². The van der Waals surface area contributed by atoms with Crippen molar-refractivity contribution in [3.05, 3.63) is 17.5 Å². The third-order valence-electron chi connectivity index (χ3n) is 1.76. The Morgan fingerprint density at radius 1 is 1.50 bits per heavy atom. The highest BCUT2D eigenvalue weighted by molar-refractivity contribution is 5.87. The van der Waals surface area contributed by atoms with Gasteiger partial charge in [-0.2, -0.15) is 0 Å². The van der Waals surface area contributed by atoms with Crippen LogP contribution >= 0.6 is 0 Å². The van der Waals surface area contributed by atoms with Gasteiger partial charge in [0.2, 0.25) is 5.95 Å². The van der Waals surface area contributed by atoms with Gasteiger partial charge in [-0.3, -0.25) is 0 Å². The largest absolute Gasteiger partial charge is 0.461 e. The molecule has 1 heterocycles. The average Bonchev–Trinajstić information content (AvgIpc) is 2.15. The molecule has 0 unspecified atom stereocenters. The second-order valence-corrected chi connectivity index (χ2v) is 3.74. The Labute approximate surface area is 95.3 Å². The lowest BCUT2D eigenvalue weighted by molar-refractivity contribution is 0.0519. The molecule has 0 radical (unpaired) electrons. The van der Waals surface area contributed by atoms with Gasteiger partial charge in [0, 0.05) is 11.7 Å². The van der Waals surface area contributed by atoms with Crippen LogP contribution in [0.2, 0.25) is 0 Å². The number of esters is 1. The first kappa shape index (κ1) is 12.4. The fourth-order valence-corrected chi connectivity index (χ4v) is 1.20. The van der Waals surface area contributed by atoms with Crippen LogP contribution in [-0.4, -0.2) is 28.6 Å². The normalized spacial score (nSPS) is 10.3. The van der Waals surface area contributed by atoms with E-state index in [1.54, 1.807) is 13.0 Å². The van der Waals surface area contributed by atoms with Crippen LogP contribution in [-0.2, 0) is 4.74 Å². The third-order valence-corrected chi connectivity index (χ3v) is 1.76. The Morgan fingerprint density at radius 3 is 2.75 bits per heavy atom. The Bertz CT molecular complexity index is 377. The SMILES string of the molecule is CCOC(=O)c1cc(C)nc(NC(C)C)n1. The Hall–Kier alpha value is -1.65. The van der Waals surface area contributed by atoms with Crippen molar-refractivity contribution in [1.29, 1.82) is 0 Å². The molecule has 0 saturated carbocycles. The van der Waals surface area contributed by atoms with Crippen LogP contribution in [0.4, 0.5) is 5.95 Å². The van der Waals surface area contributed by atoms with Crippen molar-refractivity contribution >= 4 is 11.9 Å². The lowest BCUT2D eigenvalue weighted by Gasteiger charge is -2.09. The fourth-order valence-electron chi connectivity index (χ4n) is 1.20. The van der Waals surface area contributed by atoms with E-state index in [-0.39, 0.29) is 11.7 Å². The molecule has 1 aromatic rings. The minimum atomic E-state index is -0.417. The van der Waals surface area contributed by atoms with E-state index in [4.69, 9.17) is 4.74 Å². The fraction of sp³-hybridized carbons (Fsp3) is 0.545. The number of hydrogen-bond acceptors (Lipinski definition) is 5. The van der Waals surface area contributed by atoms with Crippen molar-refractivity contribution in [1.82, 2.24) is 9.97 Å². The highest BCUT2D eigenvalue weighted by atomic mass is 16.5. The van der Waals surface area contributed by atoms with E-state index in [9.17, 15) is 4.79 Å². The lowest BCUT2D eigenvalue weighted by atomic mass is 10.3. The molecule has 5 heteroatoms. The van der Waals surface area contributed by atoms with Gasteiger partial charge in [-0.25, -0.2) is 14.8 Å². The summed E-state index contributed by atoms with van der Waals surface area (Å²) in [5.74, 6) is 0.0397. The number of carbonyl (C=O) groups excluding carboxylic acids is 1. The summed E-state index contributed by atoms with van der Waals surface area (Å²) in [6.45, 7) is 7.88. The van der Waals surface area contributed by atoms with Crippen LogP contribution in [0.1, 0.15) is 37.0 Å². The molecule has 0 aromatic carbocycles. The van der Waals surface area contributed by atoms with Crippen LogP contribution in [0.5, 0.6) is 0 Å². The zero-order chi connectivity index (χ0) is 12.1. The van der Waals surface area contributed by atoms with E-state index < -0.39 is 5.97 Å². The van der Waals surface area contributed by atoms with Crippen molar-refractivity contribution < 1.29 is 9.53 Å². The summed E-state index contributed by atoms with van der Waals surface area (Å²) in [6, 6.07) is 1.83. The third kappa shape index (κ3) is 3.49. The Balaban J connectivity index is 2.93. The van der Waals surface area contributed by atoms with Gasteiger partial charge in [-0.15, -0.1) is 0 Å². The second-order valence-electron chi connectivity index (χ2n) is 3.74. The molecule has 0 amide bonds. The Morgan fingerprint density at radius 2 is 2.19 bits per heavy atom. The molecule has 0 spiro atoms. The zero-order valence-electron chi connectivity index (χ0n) is 10.1. The summed E-state index contributed by atoms with van der Waals surface area (Å²) in [4.78, 5) is 19.8. The number of aromatic nitrogens is 2. The monoisotopic (exact) mass is 223 g/mol.